The first kappa shape index (κ1) is 21.6. The molecule has 0 saturated carbocycles. The van der Waals surface area contributed by atoms with E-state index in [-0.39, 0.29) is 5.82 Å². The topological polar surface area (TPSA) is 9.23 Å². The Balaban J connectivity index is 1.61. The highest BCUT2D eigenvalue weighted by atomic mass is 19.1. The molecule has 0 heterocycles. The number of rotatable bonds is 10. The highest BCUT2D eigenvalue weighted by Crippen LogP contribution is 2.27. The average Bonchev–Trinajstić information content (AvgIpc) is 2.78. The van der Waals surface area contributed by atoms with E-state index in [0.717, 1.165) is 42.4 Å². The van der Waals surface area contributed by atoms with Crippen molar-refractivity contribution in [1.29, 1.82) is 0 Å². The lowest BCUT2D eigenvalue weighted by molar-refractivity contribution is 0.304. The van der Waals surface area contributed by atoms with Crippen LogP contribution < -0.4 is 4.74 Å². The van der Waals surface area contributed by atoms with E-state index in [4.69, 9.17) is 4.74 Å². The molecule has 0 aromatic heterocycles. The van der Waals surface area contributed by atoms with E-state index in [2.05, 4.69) is 49.9 Å². The minimum Gasteiger partial charge on any atom is -0.489 e. The van der Waals surface area contributed by atoms with Crippen LogP contribution in [0.3, 0.4) is 0 Å². The van der Waals surface area contributed by atoms with Gasteiger partial charge >= 0.3 is 0 Å². The number of hydrogen-bond acceptors (Lipinski definition) is 1. The van der Waals surface area contributed by atoms with Gasteiger partial charge in [0.05, 0.1) is 0 Å². The molecule has 3 aromatic rings. The Bertz CT molecular complexity index is 969. The van der Waals surface area contributed by atoms with Crippen molar-refractivity contribution in [2.45, 2.75) is 39.2 Å². The number of ether oxygens (including phenoxy) is 1. The van der Waals surface area contributed by atoms with Gasteiger partial charge in [0.1, 0.15) is 18.2 Å². The number of hydrogen-bond donors (Lipinski definition) is 0. The maximum atomic E-state index is 14.7. The summed E-state index contributed by atoms with van der Waals surface area (Å²) in [5.74, 6) is 0.257. The van der Waals surface area contributed by atoms with Crippen LogP contribution in [0.4, 0.5) is 4.39 Å². The van der Waals surface area contributed by atoms with Gasteiger partial charge in [-0.1, -0.05) is 80.1 Å². The molecule has 0 spiro atoms. The van der Waals surface area contributed by atoms with Gasteiger partial charge in [-0.2, -0.15) is 0 Å². The second kappa shape index (κ2) is 11.2. The van der Waals surface area contributed by atoms with E-state index in [1.165, 1.54) is 11.6 Å². The van der Waals surface area contributed by atoms with E-state index in [9.17, 15) is 4.39 Å². The lowest BCUT2D eigenvalue weighted by Gasteiger charge is -2.10. The predicted octanol–water partition coefficient (Wildman–Crippen LogP) is 8.00. The molecule has 0 aliphatic rings. The number of benzene rings is 3. The first-order valence-electron chi connectivity index (χ1n) is 10.6. The molecule has 0 unspecified atom stereocenters. The lowest BCUT2D eigenvalue weighted by Crippen LogP contribution is -1.97. The molecule has 0 aliphatic heterocycles. The number of allylic oxidation sites excluding steroid dienone is 2. The van der Waals surface area contributed by atoms with E-state index in [1.807, 2.05) is 36.4 Å². The fourth-order valence-corrected chi connectivity index (χ4v) is 3.22. The van der Waals surface area contributed by atoms with Gasteiger partial charge in [-0.3, -0.25) is 0 Å². The molecule has 0 bridgehead atoms. The maximum Gasteiger partial charge on any atom is 0.134 e. The van der Waals surface area contributed by atoms with Gasteiger partial charge in [0.2, 0.25) is 0 Å². The van der Waals surface area contributed by atoms with Crippen LogP contribution >= 0.6 is 0 Å². The summed E-state index contributed by atoms with van der Waals surface area (Å²) < 4.78 is 20.5. The summed E-state index contributed by atoms with van der Waals surface area (Å²) in [7, 11) is 0. The Morgan fingerprint density at radius 3 is 2.30 bits per heavy atom. The van der Waals surface area contributed by atoms with Crippen LogP contribution in [0.5, 0.6) is 5.75 Å². The third-order valence-corrected chi connectivity index (χ3v) is 4.99. The van der Waals surface area contributed by atoms with Crippen LogP contribution in [0, 0.1) is 5.82 Å². The van der Waals surface area contributed by atoms with E-state index < -0.39 is 0 Å². The molecule has 30 heavy (non-hydrogen) atoms. The molecule has 0 N–H and O–H groups in total. The molecule has 0 radical (unpaired) electrons. The Hall–Kier alpha value is -3.13. The maximum absolute atomic E-state index is 14.7. The van der Waals surface area contributed by atoms with Gasteiger partial charge in [-0.25, -0.2) is 4.39 Å². The van der Waals surface area contributed by atoms with Gasteiger partial charge in [-0.15, -0.1) is 6.58 Å². The first-order chi connectivity index (χ1) is 14.7. The van der Waals surface area contributed by atoms with Crippen molar-refractivity contribution < 1.29 is 9.13 Å². The van der Waals surface area contributed by atoms with Crippen molar-refractivity contribution in [1.82, 2.24) is 0 Å². The number of aryl methyl sites for hydroxylation is 1. The van der Waals surface area contributed by atoms with Crippen LogP contribution in [0.25, 0.3) is 17.2 Å². The van der Waals surface area contributed by atoms with Crippen molar-refractivity contribution in [3.63, 3.8) is 0 Å². The SMILES string of the molecule is C=CCCc1ccc(COc2ccc(-c3ccc(/C=C/CCC)cc3)c(F)c2)cc1. The van der Waals surface area contributed by atoms with Gasteiger partial charge in [-0.05, 0) is 53.6 Å². The zero-order valence-electron chi connectivity index (χ0n) is 17.6. The minimum atomic E-state index is -0.276. The third-order valence-electron chi connectivity index (χ3n) is 4.99. The summed E-state index contributed by atoms with van der Waals surface area (Å²) in [4.78, 5) is 0. The van der Waals surface area contributed by atoms with E-state index in [1.54, 1.807) is 6.07 Å². The van der Waals surface area contributed by atoms with Gasteiger partial charge in [0.15, 0.2) is 0 Å². The van der Waals surface area contributed by atoms with E-state index >= 15 is 0 Å². The average molecular weight is 401 g/mol. The zero-order chi connectivity index (χ0) is 21.2. The van der Waals surface area contributed by atoms with Crippen molar-refractivity contribution in [2.75, 3.05) is 0 Å². The fourth-order valence-electron chi connectivity index (χ4n) is 3.22. The lowest BCUT2D eigenvalue weighted by atomic mass is 10.0. The van der Waals surface area contributed by atoms with Gasteiger partial charge in [0.25, 0.3) is 0 Å². The molecule has 0 aliphatic carbocycles. The standard InChI is InChI=1S/C28H29FO/c1-3-5-7-9-23-14-16-25(17-15-23)27-19-18-26(20-28(27)29)30-21-24-12-10-22(11-13-24)8-6-4-2/h4,7,9-20H,2-3,5-6,8,21H2,1H3/b9-7+. The predicted molar refractivity (Wildman–Crippen MR) is 125 cm³/mol. The highest BCUT2D eigenvalue weighted by Gasteiger charge is 2.07. The Kier molecular flexibility index (Phi) is 8.02. The fraction of sp³-hybridized carbons (Fsp3) is 0.214. The molecule has 3 rings (SSSR count). The summed E-state index contributed by atoms with van der Waals surface area (Å²) in [6.07, 6.45) is 10.4. The summed E-state index contributed by atoms with van der Waals surface area (Å²) in [5, 5.41) is 0. The van der Waals surface area contributed by atoms with Crippen LogP contribution in [-0.4, -0.2) is 0 Å². The Morgan fingerprint density at radius 1 is 0.900 bits per heavy atom. The molecular weight excluding hydrogens is 371 g/mol. The van der Waals surface area contributed by atoms with Gasteiger partial charge in [0, 0.05) is 11.6 Å². The molecule has 3 aromatic carbocycles. The Labute approximate surface area is 179 Å². The summed E-state index contributed by atoms with van der Waals surface area (Å²) in [5.41, 5.74) is 4.91. The first-order valence-corrected chi connectivity index (χ1v) is 10.6. The third kappa shape index (κ3) is 6.18. The summed E-state index contributed by atoms with van der Waals surface area (Å²) in [6, 6.07) is 21.3. The van der Waals surface area contributed by atoms with Crippen LogP contribution in [-0.2, 0) is 13.0 Å². The largest absolute Gasteiger partial charge is 0.489 e. The van der Waals surface area contributed by atoms with Crippen molar-refractivity contribution in [2.24, 2.45) is 0 Å². The summed E-state index contributed by atoms with van der Waals surface area (Å²) >= 11 is 0. The van der Waals surface area contributed by atoms with Crippen LogP contribution in [0.2, 0.25) is 0 Å². The van der Waals surface area contributed by atoms with Crippen LogP contribution in [0.1, 0.15) is 42.9 Å². The number of unbranched alkanes of at least 4 members (excludes halogenated alkanes) is 1. The second-order valence-electron chi connectivity index (χ2n) is 7.39. The molecule has 0 atom stereocenters. The van der Waals surface area contributed by atoms with E-state index in [0.29, 0.717) is 17.9 Å². The molecule has 0 saturated heterocycles. The minimum absolute atomic E-state index is 0.276. The monoisotopic (exact) mass is 400 g/mol. The van der Waals surface area contributed by atoms with Gasteiger partial charge < -0.3 is 4.74 Å². The van der Waals surface area contributed by atoms with Crippen molar-refractivity contribution >= 4 is 6.08 Å². The molecule has 154 valence electrons. The van der Waals surface area contributed by atoms with Crippen LogP contribution in [0.15, 0.2) is 85.5 Å². The smallest absolute Gasteiger partial charge is 0.134 e. The number of halogens is 1. The van der Waals surface area contributed by atoms with Crippen molar-refractivity contribution in [3.05, 3.63) is 108 Å². The molecule has 0 amide bonds. The summed E-state index contributed by atoms with van der Waals surface area (Å²) in [6.45, 7) is 6.33. The quantitative estimate of drug-likeness (QED) is 0.313. The van der Waals surface area contributed by atoms with Crippen molar-refractivity contribution in [3.8, 4) is 16.9 Å². The second-order valence-corrected chi connectivity index (χ2v) is 7.39. The molecule has 2 heteroatoms. The highest BCUT2D eigenvalue weighted by molar-refractivity contribution is 5.67. The molecule has 0 fully saturated rings. The Morgan fingerprint density at radius 2 is 1.63 bits per heavy atom. The molecular formula is C28H29FO. The molecule has 1 nitrogen and oxygen atoms in total. The normalized spacial score (nSPS) is 11.0. The zero-order valence-corrected chi connectivity index (χ0v) is 17.6.